The van der Waals surface area contributed by atoms with Gasteiger partial charge in [-0.1, -0.05) is 30.3 Å². The van der Waals surface area contributed by atoms with Gasteiger partial charge >= 0.3 is 0 Å². The van der Waals surface area contributed by atoms with Crippen molar-refractivity contribution in [1.82, 2.24) is 16.0 Å². The van der Waals surface area contributed by atoms with Crippen LogP contribution >= 0.6 is 0 Å². The minimum absolute atomic E-state index is 0.161. The van der Waals surface area contributed by atoms with Crippen LogP contribution in [0.25, 0.3) is 0 Å². The number of amides is 1. The summed E-state index contributed by atoms with van der Waals surface area (Å²) in [6.07, 6.45) is 2.31. The molecular formula is C19H26N4O2. The Morgan fingerprint density at radius 2 is 1.88 bits per heavy atom. The molecule has 0 aliphatic rings. The van der Waals surface area contributed by atoms with Crippen LogP contribution in [0.2, 0.25) is 0 Å². The summed E-state index contributed by atoms with van der Waals surface area (Å²) in [5.74, 6) is 0.939. The van der Waals surface area contributed by atoms with Gasteiger partial charge < -0.3 is 20.4 Å². The first-order chi connectivity index (χ1) is 12.1. The van der Waals surface area contributed by atoms with E-state index in [0.29, 0.717) is 18.8 Å². The molecule has 0 radical (unpaired) electrons. The molecule has 134 valence electrons. The molecule has 2 aromatic rings. The Bertz CT molecular complexity index is 694. The molecular weight excluding hydrogens is 316 g/mol. The third kappa shape index (κ3) is 5.67. The number of hydrogen-bond acceptors (Lipinski definition) is 3. The van der Waals surface area contributed by atoms with Crippen LogP contribution in [0, 0.1) is 6.92 Å². The van der Waals surface area contributed by atoms with E-state index in [1.807, 2.05) is 25.1 Å². The van der Waals surface area contributed by atoms with E-state index >= 15 is 0 Å². The fraction of sp³-hybridized carbons (Fsp3) is 0.368. The van der Waals surface area contributed by atoms with E-state index in [1.54, 1.807) is 13.1 Å². The standard InChI is InChI=1S/C19H26N4O2/c1-14-10-13-25-17(14)18(24)21-11-7-12-22-19(20-3)23-15(2)16-8-5-4-6-9-16/h4-6,8-10,13,15H,7,11-12H2,1-3H3,(H,21,24)(H2,20,22,23). The number of furan rings is 1. The fourth-order valence-electron chi connectivity index (χ4n) is 2.41. The summed E-state index contributed by atoms with van der Waals surface area (Å²) in [5.41, 5.74) is 2.04. The van der Waals surface area contributed by atoms with Crippen molar-refractivity contribution in [2.24, 2.45) is 4.99 Å². The first-order valence-corrected chi connectivity index (χ1v) is 8.46. The Hall–Kier alpha value is -2.76. The highest BCUT2D eigenvalue weighted by Gasteiger charge is 2.11. The predicted molar refractivity (Wildman–Crippen MR) is 99.7 cm³/mol. The number of carbonyl (C=O) groups is 1. The Labute approximate surface area is 148 Å². The summed E-state index contributed by atoms with van der Waals surface area (Å²) in [4.78, 5) is 16.2. The molecule has 1 atom stereocenters. The van der Waals surface area contributed by atoms with Gasteiger partial charge in [-0.05, 0) is 31.9 Å². The zero-order chi connectivity index (χ0) is 18.1. The number of aliphatic imine (C=N–C) groups is 1. The normalized spacial score (nSPS) is 12.5. The van der Waals surface area contributed by atoms with Crippen molar-refractivity contribution >= 4 is 11.9 Å². The first kappa shape index (κ1) is 18.6. The Kier molecular flexibility index (Phi) is 7.07. The molecule has 0 saturated heterocycles. The fourth-order valence-corrected chi connectivity index (χ4v) is 2.41. The monoisotopic (exact) mass is 342 g/mol. The van der Waals surface area contributed by atoms with Crippen LogP contribution in [-0.2, 0) is 0 Å². The van der Waals surface area contributed by atoms with Gasteiger partial charge in [0.25, 0.3) is 5.91 Å². The van der Waals surface area contributed by atoms with Gasteiger partial charge in [0.2, 0.25) is 0 Å². The lowest BCUT2D eigenvalue weighted by molar-refractivity contribution is 0.0925. The maximum Gasteiger partial charge on any atom is 0.287 e. The average molecular weight is 342 g/mol. The zero-order valence-electron chi connectivity index (χ0n) is 15.0. The SMILES string of the molecule is CN=C(NCCCNC(=O)c1occc1C)NC(C)c1ccccc1. The van der Waals surface area contributed by atoms with Crippen molar-refractivity contribution in [2.45, 2.75) is 26.3 Å². The van der Waals surface area contributed by atoms with E-state index in [4.69, 9.17) is 4.42 Å². The highest BCUT2D eigenvalue weighted by Crippen LogP contribution is 2.10. The summed E-state index contributed by atoms with van der Waals surface area (Å²) in [5, 5.41) is 9.45. The van der Waals surface area contributed by atoms with Crippen LogP contribution in [0.15, 0.2) is 52.1 Å². The first-order valence-electron chi connectivity index (χ1n) is 8.46. The summed E-state index contributed by atoms with van der Waals surface area (Å²) in [7, 11) is 1.74. The van der Waals surface area contributed by atoms with Crippen LogP contribution in [-0.4, -0.2) is 32.0 Å². The van der Waals surface area contributed by atoms with Gasteiger partial charge in [-0.3, -0.25) is 9.79 Å². The molecule has 25 heavy (non-hydrogen) atoms. The number of guanidine groups is 1. The molecule has 0 bridgehead atoms. The van der Waals surface area contributed by atoms with Crippen LogP contribution in [0.4, 0.5) is 0 Å². The molecule has 1 amide bonds. The zero-order valence-corrected chi connectivity index (χ0v) is 15.0. The predicted octanol–water partition coefficient (Wildman–Crippen LogP) is 2.63. The molecule has 6 heteroatoms. The van der Waals surface area contributed by atoms with E-state index in [0.717, 1.165) is 17.9 Å². The lowest BCUT2D eigenvalue weighted by Crippen LogP contribution is -2.40. The van der Waals surface area contributed by atoms with Crippen molar-refractivity contribution in [2.75, 3.05) is 20.1 Å². The Morgan fingerprint density at radius 3 is 2.52 bits per heavy atom. The lowest BCUT2D eigenvalue weighted by atomic mass is 10.1. The Balaban J connectivity index is 1.68. The number of hydrogen-bond donors (Lipinski definition) is 3. The van der Waals surface area contributed by atoms with Gasteiger partial charge in [0.15, 0.2) is 11.7 Å². The molecule has 1 aromatic carbocycles. The van der Waals surface area contributed by atoms with Crippen LogP contribution in [0.5, 0.6) is 0 Å². The second-order valence-corrected chi connectivity index (χ2v) is 5.82. The highest BCUT2D eigenvalue weighted by molar-refractivity contribution is 5.92. The molecule has 1 heterocycles. The highest BCUT2D eigenvalue weighted by atomic mass is 16.3. The number of benzene rings is 1. The molecule has 0 aliphatic heterocycles. The minimum atomic E-state index is -0.178. The van der Waals surface area contributed by atoms with Crippen LogP contribution in [0.1, 0.15) is 41.1 Å². The molecule has 0 spiro atoms. The van der Waals surface area contributed by atoms with E-state index in [2.05, 4.69) is 40.0 Å². The number of rotatable bonds is 7. The van der Waals surface area contributed by atoms with E-state index in [9.17, 15) is 4.79 Å². The van der Waals surface area contributed by atoms with Gasteiger partial charge in [0.1, 0.15) is 0 Å². The number of carbonyl (C=O) groups excluding carboxylic acids is 1. The van der Waals surface area contributed by atoms with Crippen molar-refractivity contribution in [3.05, 3.63) is 59.5 Å². The molecule has 1 unspecified atom stereocenters. The van der Waals surface area contributed by atoms with Crippen molar-refractivity contribution in [1.29, 1.82) is 0 Å². The number of nitrogens with one attached hydrogen (secondary N) is 3. The van der Waals surface area contributed by atoms with Gasteiger partial charge in [0.05, 0.1) is 12.3 Å². The van der Waals surface area contributed by atoms with E-state index in [-0.39, 0.29) is 11.9 Å². The summed E-state index contributed by atoms with van der Waals surface area (Å²) in [6, 6.07) is 12.1. The molecule has 0 saturated carbocycles. The summed E-state index contributed by atoms with van der Waals surface area (Å²) < 4.78 is 5.17. The third-order valence-corrected chi connectivity index (χ3v) is 3.88. The van der Waals surface area contributed by atoms with E-state index in [1.165, 1.54) is 11.8 Å². The molecule has 6 nitrogen and oxygen atoms in total. The van der Waals surface area contributed by atoms with Gasteiger partial charge in [-0.25, -0.2) is 0 Å². The largest absolute Gasteiger partial charge is 0.459 e. The topological polar surface area (TPSA) is 78.7 Å². The van der Waals surface area contributed by atoms with Gasteiger partial charge in [-0.15, -0.1) is 0 Å². The number of aryl methyl sites for hydroxylation is 1. The molecule has 2 rings (SSSR count). The molecule has 1 aromatic heterocycles. The summed E-state index contributed by atoms with van der Waals surface area (Å²) in [6.45, 7) is 5.22. The van der Waals surface area contributed by atoms with Crippen LogP contribution in [0.3, 0.4) is 0 Å². The average Bonchev–Trinajstić information content (AvgIpc) is 3.07. The molecule has 3 N–H and O–H groups in total. The molecule has 0 aliphatic carbocycles. The second-order valence-electron chi connectivity index (χ2n) is 5.82. The third-order valence-electron chi connectivity index (χ3n) is 3.88. The number of nitrogens with zero attached hydrogens (tertiary/aromatic N) is 1. The minimum Gasteiger partial charge on any atom is -0.459 e. The van der Waals surface area contributed by atoms with Crippen LogP contribution < -0.4 is 16.0 Å². The maximum absolute atomic E-state index is 11.9. The second kappa shape index (κ2) is 9.52. The quantitative estimate of drug-likeness (QED) is 0.411. The Morgan fingerprint density at radius 1 is 1.16 bits per heavy atom. The lowest BCUT2D eigenvalue weighted by Gasteiger charge is -2.18. The van der Waals surface area contributed by atoms with Crippen molar-refractivity contribution in [3.8, 4) is 0 Å². The van der Waals surface area contributed by atoms with Crippen molar-refractivity contribution in [3.63, 3.8) is 0 Å². The van der Waals surface area contributed by atoms with Crippen molar-refractivity contribution < 1.29 is 9.21 Å². The van der Waals surface area contributed by atoms with E-state index < -0.39 is 0 Å². The molecule has 0 fully saturated rings. The summed E-state index contributed by atoms with van der Waals surface area (Å²) >= 11 is 0. The van der Waals surface area contributed by atoms with Gasteiger partial charge in [-0.2, -0.15) is 0 Å². The maximum atomic E-state index is 11.9. The van der Waals surface area contributed by atoms with Gasteiger partial charge in [0, 0.05) is 25.7 Å². The smallest absolute Gasteiger partial charge is 0.287 e.